The summed E-state index contributed by atoms with van der Waals surface area (Å²) < 4.78 is 17.2. The van der Waals surface area contributed by atoms with E-state index in [1.54, 1.807) is 20.5 Å². The van der Waals surface area contributed by atoms with Gasteiger partial charge in [-0.3, -0.25) is 9.88 Å². The summed E-state index contributed by atoms with van der Waals surface area (Å²) in [5, 5.41) is 2.79. The molecule has 0 aromatic heterocycles. The van der Waals surface area contributed by atoms with Gasteiger partial charge in [0, 0.05) is 12.8 Å². The third-order valence-electron chi connectivity index (χ3n) is 2.25. The Hall–Kier alpha value is -1.12. The molecule has 0 saturated carbocycles. The first-order chi connectivity index (χ1) is 8.39. The Bertz CT molecular complexity index is 431. The molecule has 5 heteroatoms. The predicted octanol–water partition coefficient (Wildman–Crippen LogP) is 2.64. The number of esters is 1. The molecule has 1 N–H and O–H groups in total. The summed E-state index contributed by atoms with van der Waals surface area (Å²) in [6.07, 6.45) is 0.285. The Morgan fingerprint density at radius 2 is 1.94 bits per heavy atom. The Balaban J connectivity index is 2.45. The van der Waals surface area contributed by atoms with E-state index in [4.69, 9.17) is 4.74 Å². The van der Waals surface area contributed by atoms with Crippen molar-refractivity contribution in [2.45, 2.75) is 26.1 Å². The van der Waals surface area contributed by atoms with E-state index in [1.807, 2.05) is 30.3 Å². The van der Waals surface area contributed by atoms with Crippen molar-refractivity contribution in [1.82, 2.24) is 5.09 Å². The second-order valence-corrected chi connectivity index (χ2v) is 7.45. The van der Waals surface area contributed by atoms with Gasteiger partial charge < -0.3 is 9.30 Å². The number of rotatable bonds is 6. The number of carbonyl (C=O) groups is 1. The van der Waals surface area contributed by atoms with E-state index in [9.17, 15) is 9.36 Å². The van der Waals surface area contributed by atoms with Gasteiger partial charge in [-0.05, 0) is 19.4 Å². The fourth-order valence-electron chi connectivity index (χ4n) is 1.52. The highest BCUT2D eigenvalue weighted by atomic mass is 31.2. The van der Waals surface area contributed by atoms with Crippen molar-refractivity contribution >= 4 is 13.3 Å². The standard InChI is InChI=1S/C13H20NO3P/c1-11(2)17-13(15)9-14-18(3,16)10-12-7-5-4-6-8-12/h4-8,11H,9-10H2,1-3H3,(H,14,16). The van der Waals surface area contributed by atoms with Gasteiger partial charge in [0.15, 0.2) is 0 Å². The van der Waals surface area contributed by atoms with Gasteiger partial charge >= 0.3 is 5.97 Å². The highest BCUT2D eigenvalue weighted by Gasteiger charge is 2.17. The molecule has 0 aliphatic carbocycles. The summed E-state index contributed by atoms with van der Waals surface area (Å²) >= 11 is 0. The van der Waals surface area contributed by atoms with Crippen LogP contribution in [0.5, 0.6) is 0 Å². The maximum absolute atomic E-state index is 12.3. The molecule has 1 unspecified atom stereocenters. The highest BCUT2D eigenvalue weighted by Crippen LogP contribution is 2.39. The molecule has 1 aromatic carbocycles. The molecular weight excluding hydrogens is 249 g/mol. The lowest BCUT2D eigenvalue weighted by Crippen LogP contribution is -2.25. The lowest BCUT2D eigenvalue weighted by molar-refractivity contribution is -0.145. The minimum atomic E-state index is -2.56. The fraction of sp³-hybridized carbons (Fsp3) is 0.462. The Morgan fingerprint density at radius 1 is 1.33 bits per heavy atom. The summed E-state index contributed by atoms with van der Waals surface area (Å²) in [4.78, 5) is 11.3. The molecule has 4 nitrogen and oxygen atoms in total. The molecule has 1 rings (SSSR count). The minimum Gasteiger partial charge on any atom is -0.462 e. The third-order valence-corrected chi connectivity index (χ3v) is 4.05. The molecule has 0 heterocycles. The summed E-state index contributed by atoms with van der Waals surface area (Å²) in [6.45, 7) is 5.20. The number of hydrogen-bond acceptors (Lipinski definition) is 3. The van der Waals surface area contributed by atoms with Crippen molar-refractivity contribution < 1.29 is 14.1 Å². The van der Waals surface area contributed by atoms with E-state index >= 15 is 0 Å². The Labute approximate surface area is 108 Å². The molecule has 0 bridgehead atoms. The van der Waals surface area contributed by atoms with Crippen LogP contribution in [-0.2, 0) is 20.3 Å². The van der Waals surface area contributed by atoms with Gasteiger partial charge in [-0.1, -0.05) is 30.3 Å². The molecular formula is C13H20NO3P. The summed E-state index contributed by atoms with van der Waals surface area (Å²) in [7, 11) is -2.56. The average Bonchev–Trinajstić information content (AvgIpc) is 2.26. The summed E-state index contributed by atoms with van der Waals surface area (Å²) in [5.41, 5.74) is 0.994. The predicted molar refractivity (Wildman–Crippen MR) is 72.9 cm³/mol. The molecule has 0 radical (unpaired) electrons. The maximum Gasteiger partial charge on any atom is 0.320 e. The molecule has 1 atom stereocenters. The van der Waals surface area contributed by atoms with E-state index in [2.05, 4.69) is 5.09 Å². The van der Waals surface area contributed by atoms with E-state index in [-0.39, 0.29) is 18.6 Å². The fourth-order valence-corrected chi connectivity index (χ4v) is 3.01. The highest BCUT2D eigenvalue weighted by molar-refractivity contribution is 7.60. The lowest BCUT2D eigenvalue weighted by Gasteiger charge is -2.15. The van der Waals surface area contributed by atoms with Crippen LogP contribution in [-0.4, -0.2) is 25.3 Å². The Morgan fingerprint density at radius 3 is 2.50 bits per heavy atom. The van der Waals surface area contributed by atoms with Gasteiger partial charge in [0.05, 0.1) is 12.6 Å². The zero-order chi connectivity index (χ0) is 13.6. The van der Waals surface area contributed by atoms with E-state index in [1.165, 1.54) is 0 Å². The van der Waals surface area contributed by atoms with Gasteiger partial charge in [-0.2, -0.15) is 0 Å². The second-order valence-electron chi connectivity index (χ2n) is 4.62. The molecule has 18 heavy (non-hydrogen) atoms. The van der Waals surface area contributed by atoms with Crippen LogP contribution in [0.3, 0.4) is 0 Å². The third kappa shape index (κ3) is 5.99. The van der Waals surface area contributed by atoms with E-state index in [0.29, 0.717) is 6.16 Å². The second kappa shape index (κ2) is 6.72. The van der Waals surface area contributed by atoms with Crippen molar-refractivity contribution in [2.75, 3.05) is 13.2 Å². The van der Waals surface area contributed by atoms with Crippen molar-refractivity contribution in [3.63, 3.8) is 0 Å². The summed E-state index contributed by atoms with van der Waals surface area (Å²) in [5.74, 6) is -0.375. The van der Waals surface area contributed by atoms with Gasteiger partial charge in [0.1, 0.15) is 7.29 Å². The van der Waals surface area contributed by atoms with Crippen molar-refractivity contribution in [1.29, 1.82) is 0 Å². The normalized spacial score (nSPS) is 14.2. The monoisotopic (exact) mass is 269 g/mol. The molecule has 0 aliphatic heterocycles. The number of ether oxygens (including phenoxy) is 1. The van der Waals surface area contributed by atoms with Crippen LogP contribution in [0.25, 0.3) is 0 Å². The smallest absolute Gasteiger partial charge is 0.320 e. The number of nitrogens with one attached hydrogen (secondary N) is 1. The number of hydrogen-bond donors (Lipinski definition) is 1. The topological polar surface area (TPSA) is 55.4 Å². The van der Waals surface area contributed by atoms with Crippen LogP contribution in [0.1, 0.15) is 19.4 Å². The minimum absolute atomic E-state index is 0.0151. The first-order valence-electron chi connectivity index (χ1n) is 5.94. The molecule has 0 fully saturated rings. The van der Waals surface area contributed by atoms with Gasteiger partial charge in [-0.25, -0.2) is 0 Å². The average molecular weight is 269 g/mol. The maximum atomic E-state index is 12.3. The van der Waals surface area contributed by atoms with Crippen LogP contribution in [0, 0.1) is 0 Å². The molecule has 0 saturated heterocycles. The van der Waals surface area contributed by atoms with Gasteiger partial charge in [0.25, 0.3) is 0 Å². The molecule has 100 valence electrons. The number of carbonyl (C=O) groups excluding carboxylic acids is 1. The van der Waals surface area contributed by atoms with Crippen molar-refractivity contribution in [3.8, 4) is 0 Å². The lowest BCUT2D eigenvalue weighted by atomic mass is 10.2. The summed E-state index contributed by atoms with van der Waals surface area (Å²) in [6, 6.07) is 9.57. The molecule has 0 spiro atoms. The van der Waals surface area contributed by atoms with Crippen molar-refractivity contribution in [3.05, 3.63) is 35.9 Å². The van der Waals surface area contributed by atoms with Gasteiger partial charge in [-0.15, -0.1) is 0 Å². The van der Waals surface area contributed by atoms with E-state index in [0.717, 1.165) is 5.56 Å². The van der Waals surface area contributed by atoms with Crippen molar-refractivity contribution in [2.24, 2.45) is 0 Å². The van der Waals surface area contributed by atoms with Gasteiger partial charge in [0.2, 0.25) is 0 Å². The first-order valence-corrected chi connectivity index (χ1v) is 8.28. The Kier molecular flexibility index (Phi) is 5.57. The number of benzene rings is 1. The van der Waals surface area contributed by atoms with Crippen LogP contribution >= 0.6 is 7.29 Å². The van der Waals surface area contributed by atoms with Crippen LogP contribution in [0.2, 0.25) is 0 Å². The SMILES string of the molecule is CC(C)OC(=O)CNP(C)(=O)Cc1ccccc1. The van der Waals surface area contributed by atoms with E-state index < -0.39 is 7.29 Å². The quantitative estimate of drug-likeness (QED) is 0.637. The van der Waals surface area contributed by atoms with Crippen LogP contribution in [0.15, 0.2) is 30.3 Å². The largest absolute Gasteiger partial charge is 0.462 e. The molecule has 0 aliphatic rings. The zero-order valence-corrected chi connectivity index (χ0v) is 11.9. The first kappa shape index (κ1) is 14.9. The van der Waals surface area contributed by atoms with Crippen LogP contribution in [0.4, 0.5) is 0 Å². The zero-order valence-electron chi connectivity index (χ0n) is 11.1. The molecule has 1 aromatic rings. The molecule has 0 amide bonds. The van der Waals surface area contributed by atoms with Crippen LogP contribution < -0.4 is 5.09 Å².